The molecule has 0 aliphatic carbocycles. The molecule has 0 radical (unpaired) electrons. The summed E-state index contributed by atoms with van der Waals surface area (Å²) in [6.07, 6.45) is -2.91. The number of alkyl halides is 3. The summed E-state index contributed by atoms with van der Waals surface area (Å²) < 4.78 is 64.3. The van der Waals surface area contributed by atoms with Gasteiger partial charge in [0.05, 0.1) is 35.6 Å². The SMILES string of the molecule is Nc1c(Cl)cc(C[C@@H](OC(=O)N2CCC(N3CCc4ccccc4NC3=O)CC2)C(=O)N2CCC(N3CCC(OCC(=O)OCCN4CCOCC4)CC3)CC2)cc1C(F)(F)F. The predicted octanol–water partition coefficient (Wildman–Crippen LogP) is 4.89. The first-order valence-electron chi connectivity index (χ1n) is 21.7. The molecule has 5 heterocycles. The summed E-state index contributed by atoms with van der Waals surface area (Å²) in [6, 6.07) is 9.65. The standard InChI is InChI=1S/C43H57ClF3N7O8/c44-35-26-29(25-34(39(35)48)43(45,46)47)27-37(62-42(58)53-14-8-32(9-15-53)54-18-5-30-3-1-2-4-36(30)49-41(54)57)40(56)52-12-6-31(7-13-52)51-16-10-33(11-17-51)61-28-38(55)60-24-21-50-19-22-59-23-20-50/h1-4,25-26,31-33,37H,5-24,27-28,48H2,(H,49,57)/t37-/m1/s1. The number of nitrogens with zero attached hydrogens (tertiary/aromatic N) is 5. The van der Waals surface area contributed by atoms with Gasteiger partial charge in [-0.3, -0.25) is 9.69 Å². The third-order valence-corrected chi connectivity index (χ3v) is 13.0. The zero-order valence-electron chi connectivity index (χ0n) is 34.9. The molecule has 15 nitrogen and oxygen atoms in total. The summed E-state index contributed by atoms with van der Waals surface area (Å²) in [7, 11) is 0. The Bertz CT molecular complexity index is 1880. The molecule has 2 aromatic carbocycles. The van der Waals surface area contributed by atoms with E-state index in [0.717, 1.165) is 56.3 Å². The third-order valence-electron chi connectivity index (χ3n) is 12.7. The normalized spacial score (nSPS) is 20.9. The number of urea groups is 1. The fourth-order valence-electron chi connectivity index (χ4n) is 9.12. The average molecular weight is 892 g/mol. The van der Waals surface area contributed by atoms with Crippen LogP contribution in [0.1, 0.15) is 55.2 Å². The molecule has 5 aliphatic rings. The van der Waals surface area contributed by atoms with Crippen LogP contribution in [-0.2, 0) is 47.6 Å². The van der Waals surface area contributed by atoms with Crippen molar-refractivity contribution < 1.29 is 51.3 Å². The van der Waals surface area contributed by atoms with Crippen LogP contribution in [0.25, 0.3) is 0 Å². The zero-order chi connectivity index (χ0) is 43.8. The fourth-order valence-corrected chi connectivity index (χ4v) is 9.36. The lowest BCUT2D eigenvalue weighted by atomic mass is 9.97. The lowest BCUT2D eigenvalue weighted by molar-refractivity contribution is -0.153. The number of anilines is 2. The van der Waals surface area contributed by atoms with Crippen LogP contribution in [0.5, 0.6) is 0 Å². The first kappa shape index (κ1) is 45.7. The van der Waals surface area contributed by atoms with Gasteiger partial charge in [-0.05, 0) is 74.3 Å². The van der Waals surface area contributed by atoms with Crippen LogP contribution < -0.4 is 11.1 Å². The van der Waals surface area contributed by atoms with Crippen molar-refractivity contribution in [1.82, 2.24) is 24.5 Å². The van der Waals surface area contributed by atoms with Gasteiger partial charge in [0, 0.05) is 89.6 Å². The van der Waals surface area contributed by atoms with E-state index in [1.807, 2.05) is 24.3 Å². The van der Waals surface area contributed by atoms with Gasteiger partial charge >= 0.3 is 24.3 Å². The second-order valence-electron chi connectivity index (χ2n) is 16.6. The number of nitrogen functional groups attached to an aromatic ring is 1. The van der Waals surface area contributed by atoms with E-state index in [1.165, 1.54) is 11.0 Å². The molecule has 0 bridgehead atoms. The summed E-state index contributed by atoms with van der Waals surface area (Å²) in [5.74, 6) is -0.880. The molecule has 4 amide bonds. The third kappa shape index (κ3) is 11.8. The highest BCUT2D eigenvalue weighted by Gasteiger charge is 2.39. The fraction of sp³-hybridized carbons (Fsp3) is 0.628. The van der Waals surface area contributed by atoms with Gasteiger partial charge in [-0.15, -0.1) is 0 Å². The number of fused-ring (bicyclic) bond motifs is 1. The van der Waals surface area contributed by atoms with Gasteiger partial charge in [-0.25, -0.2) is 14.4 Å². The number of hydrogen-bond donors (Lipinski definition) is 2. The monoisotopic (exact) mass is 891 g/mol. The maximum absolute atomic E-state index is 14.2. The molecule has 0 aromatic heterocycles. The zero-order valence-corrected chi connectivity index (χ0v) is 35.7. The molecule has 2 aromatic rings. The number of carbonyl (C=O) groups is 4. The lowest BCUT2D eigenvalue weighted by Gasteiger charge is -2.42. The highest BCUT2D eigenvalue weighted by molar-refractivity contribution is 6.33. The summed E-state index contributed by atoms with van der Waals surface area (Å²) in [6.45, 7) is 7.24. The van der Waals surface area contributed by atoms with E-state index >= 15 is 0 Å². The van der Waals surface area contributed by atoms with Crippen molar-refractivity contribution in [3.8, 4) is 0 Å². The quantitative estimate of drug-likeness (QED) is 0.221. The summed E-state index contributed by atoms with van der Waals surface area (Å²) in [5, 5.41) is 2.67. The van der Waals surface area contributed by atoms with Gasteiger partial charge in [-0.2, -0.15) is 13.2 Å². The van der Waals surface area contributed by atoms with Crippen molar-refractivity contribution in [1.29, 1.82) is 0 Å². The van der Waals surface area contributed by atoms with Gasteiger partial charge in [0.15, 0.2) is 6.10 Å². The number of carbonyl (C=O) groups excluding carboxylic acids is 4. The molecule has 3 N–H and O–H groups in total. The molecule has 7 rings (SSSR count). The van der Waals surface area contributed by atoms with Crippen molar-refractivity contribution in [2.75, 3.05) is 103 Å². The molecule has 0 unspecified atom stereocenters. The molecular weight excluding hydrogens is 835 g/mol. The van der Waals surface area contributed by atoms with Gasteiger partial charge in [0.2, 0.25) is 0 Å². The largest absolute Gasteiger partial charge is 0.463 e. The first-order chi connectivity index (χ1) is 29.8. The Morgan fingerprint density at radius 2 is 1.56 bits per heavy atom. The van der Waals surface area contributed by atoms with Crippen molar-refractivity contribution in [3.63, 3.8) is 0 Å². The molecule has 1 atom stereocenters. The number of piperidine rings is 3. The minimum absolute atomic E-state index is 0.0517. The van der Waals surface area contributed by atoms with E-state index < -0.39 is 35.5 Å². The number of hydrogen-bond acceptors (Lipinski definition) is 11. The number of rotatable bonds is 12. The molecule has 4 fully saturated rings. The van der Waals surface area contributed by atoms with E-state index in [9.17, 15) is 32.3 Å². The minimum atomic E-state index is -4.80. The predicted molar refractivity (Wildman–Crippen MR) is 224 cm³/mol. The number of ether oxygens (including phenoxy) is 4. The van der Waals surface area contributed by atoms with Gasteiger partial charge in [-0.1, -0.05) is 29.8 Å². The second kappa shape index (κ2) is 20.9. The van der Waals surface area contributed by atoms with Crippen molar-refractivity contribution >= 4 is 47.0 Å². The van der Waals surface area contributed by atoms with Crippen LogP contribution in [0, 0.1) is 0 Å². The molecule has 19 heteroatoms. The van der Waals surface area contributed by atoms with Crippen LogP contribution in [0.4, 0.5) is 34.1 Å². The van der Waals surface area contributed by atoms with Gasteiger partial charge in [0.1, 0.15) is 13.2 Å². The Hall–Kier alpha value is -4.36. The summed E-state index contributed by atoms with van der Waals surface area (Å²) >= 11 is 6.16. The highest BCUT2D eigenvalue weighted by atomic mass is 35.5. The Balaban J connectivity index is 0.911. The van der Waals surface area contributed by atoms with Crippen LogP contribution >= 0.6 is 11.6 Å². The summed E-state index contributed by atoms with van der Waals surface area (Å²) in [4.78, 5) is 62.8. The minimum Gasteiger partial charge on any atom is -0.463 e. The second-order valence-corrected chi connectivity index (χ2v) is 17.0. The number of para-hydroxylation sites is 1. The van der Waals surface area contributed by atoms with E-state index in [0.29, 0.717) is 78.1 Å². The van der Waals surface area contributed by atoms with E-state index in [1.54, 1.807) is 9.80 Å². The van der Waals surface area contributed by atoms with E-state index in [4.69, 9.17) is 36.3 Å². The average Bonchev–Trinajstić information content (AvgIpc) is 3.44. The molecule has 340 valence electrons. The van der Waals surface area contributed by atoms with Crippen molar-refractivity contribution in [2.45, 2.75) is 81.8 Å². The maximum atomic E-state index is 14.2. The number of halogens is 4. The van der Waals surface area contributed by atoms with Crippen LogP contribution in [0.2, 0.25) is 5.02 Å². The van der Waals surface area contributed by atoms with Crippen molar-refractivity contribution in [3.05, 3.63) is 58.1 Å². The molecule has 0 saturated carbocycles. The number of morpholine rings is 1. The van der Waals surface area contributed by atoms with Gasteiger partial charge < -0.3 is 49.6 Å². The van der Waals surface area contributed by atoms with Crippen LogP contribution in [0.15, 0.2) is 36.4 Å². The Morgan fingerprint density at radius 1 is 0.887 bits per heavy atom. The molecule has 5 aliphatic heterocycles. The number of likely N-dealkylation sites (tertiary alicyclic amines) is 3. The van der Waals surface area contributed by atoms with Crippen LogP contribution in [-0.4, -0.2) is 165 Å². The first-order valence-corrected chi connectivity index (χ1v) is 22.1. The Morgan fingerprint density at radius 3 is 2.27 bits per heavy atom. The number of benzene rings is 2. The van der Waals surface area contributed by atoms with Gasteiger partial charge in [0.25, 0.3) is 5.91 Å². The van der Waals surface area contributed by atoms with E-state index in [-0.39, 0.29) is 66.9 Å². The number of esters is 1. The molecular formula is C43H57ClF3N7O8. The number of nitrogens with two attached hydrogens (primary N) is 1. The van der Waals surface area contributed by atoms with Crippen molar-refractivity contribution in [2.24, 2.45) is 0 Å². The van der Waals surface area contributed by atoms with Crippen LogP contribution in [0.3, 0.4) is 0 Å². The summed E-state index contributed by atoms with van der Waals surface area (Å²) in [5.41, 5.74) is 5.82. The smallest absolute Gasteiger partial charge is 0.418 e. The Kier molecular flexibility index (Phi) is 15.4. The highest BCUT2D eigenvalue weighted by Crippen LogP contribution is 2.38. The number of amides is 4. The topological polar surface area (TPSA) is 159 Å². The maximum Gasteiger partial charge on any atom is 0.418 e. The Labute approximate surface area is 364 Å². The number of nitrogens with one attached hydrogen (secondary N) is 1. The lowest BCUT2D eigenvalue weighted by Crippen LogP contribution is -2.53. The molecule has 62 heavy (non-hydrogen) atoms. The van der Waals surface area contributed by atoms with E-state index in [2.05, 4.69) is 15.1 Å². The molecule has 0 spiro atoms. The molecule has 4 saturated heterocycles.